The van der Waals surface area contributed by atoms with Crippen LogP contribution in [-0.2, 0) is 17.6 Å². The number of nitrogens with zero attached hydrogens (tertiary/aromatic N) is 3. The van der Waals surface area contributed by atoms with Crippen LogP contribution in [0.15, 0.2) is 30.5 Å². The van der Waals surface area contributed by atoms with Crippen molar-refractivity contribution in [3.8, 4) is 5.75 Å². The van der Waals surface area contributed by atoms with Gasteiger partial charge in [0.05, 0.1) is 12.3 Å². The van der Waals surface area contributed by atoms with Gasteiger partial charge in [0.15, 0.2) is 0 Å². The first-order valence-electron chi connectivity index (χ1n) is 9.78. The van der Waals surface area contributed by atoms with Crippen LogP contribution >= 0.6 is 0 Å². The lowest BCUT2D eigenvalue weighted by Gasteiger charge is -2.25. The first-order chi connectivity index (χ1) is 13.2. The predicted molar refractivity (Wildman–Crippen MR) is 107 cm³/mol. The molecule has 144 valence electrons. The lowest BCUT2D eigenvalue weighted by molar-refractivity contribution is -0.120. The first-order valence-corrected chi connectivity index (χ1v) is 9.78. The van der Waals surface area contributed by atoms with Crippen LogP contribution in [0.25, 0.3) is 0 Å². The van der Waals surface area contributed by atoms with E-state index in [1.807, 2.05) is 37.4 Å². The summed E-state index contributed by atoms with van der Waals surface area (Å²) in [5.74, 6) is 1.44. The lowest BCUT2D eigenvalue weighted by atomic mass is 9.86. The van der Waals surface area contributed by atoms with Crippen molar-refractivity contribution in [2.75, 3.05) is 29.9 Å². The minimum absolute atomic E-state index is 0.0284. The molecule has 3 rings (SSSR count). The molecule has 1 aromatic carbocycles. The summed E-state index contributed by atoms with van der Waals surface area (Å²) in [5, 5.41) is 3.03. The largest absolute Gasteiger partial charge is 0.492 e. The summed E-state index contributed by atoms with van der Waals surface area (Å²) in [7, 11) is 0. The number of carbonyl (C=O) groups is 1. The van der Waals surface area contributed by atoms with Crippen molar-refractivity contribution in [1.29, 1.82) is 0 Å². The maximum atomic E-state index is 12.8. The van der Waals surface area contributed by atoms with Gasteiger partial charge in [-0.1, -0.05) is 12.1 Å². The Morgan fingerprint density at radius 1 is 1.26 bits per heavy atom. The first kappa shape index (κ1) is 19.1. The summed E-state index contributed by atoms with van der Waals surface area (Å²) >= 11 is 0. The van der Waals surface area contributed by atoms with E-state index in [1.165, 1.54) is 0 Å². The molecule has 1 aromatic heterocycles. The number of aromatic nitrogens is 2. The summed E-state index contributed by atoms with van der Waals surface area (Å²) in [6, 6.07) is 7.55. The number of carbonyl (C=O) groups excluding carboxylic acids is 1. The smallest absolute Gasteiger partial charge is 0.227 e. The van der Waals surface area contributed by atoms with Crippen molar-refractivity contribution in [1.82, 2.24) is 9.97 Å². The van der Waals surface area contributed by atoms with Crippen LogP contribution in [0.1, 0.15) is 38.4 Å². The van der Waals surface area contributed by atoms with Crippen LogP contribution in [0.5, 0.6) is 5.75 Å². The molecule has 0 bridgehead atoms. The Hall–Kier alpha value is -2.63. The number of aryl methyl sites for hydroxylation is 1. The topological polar surface area (TPSA) is 67.3 Å². The molecule has 1 aliphatic rings. The van der Waals surface area contributed by atoms with Gasteiger partial charge in [-0.15, -0.1) is 0 Å². The summed E-state index contributed by atoms with van der Waals surface area (Å²) in [6.45, 7) is 8.48. The quantitative estimate of drug-likeness (QED) is 0.811. The highest BCUT2D eigenvalue weighted by atomic mass is 16.5. The molecule has 0 fully saturated rings. The molecule has 1 aliphatic carbocycles. The fraction of sp³-hybridized carbons (Fsp3) is 0.476. The molecule has 1 unspecified atom stereocenters. The number of fused-ring (bicyclic) bond motifs is 1. The Labute approximate surface area is 161 Å². The number of amides is 1. The molecular weight excluding hydrogens is 340 g/mol. The zero-order valence-electron chi connectivity index (χ0n) is 16.4. The third-order valence-electron chi connectivity index (χ3n) is 5.00. The van der Waals surface area contributed by atoms with Gasteiger partial charge in [-0.2, -0.15) is 0 Å². The van der Waals surface area contributed by atoms with E-state index in [2.05, 4.69) is 29.0 Å². The molecule has 1 N–H and O–H groups in total. The Morgan fingerprint density at radius 2 is 2.04 bits per heavy atom. The summed E-state index contributed by atoms with van der Waals surface area (Å²) < 4.78 is 5.60. The van der Waals surface area contributed by atoms with E-state index in [4.69, 9.17) is 9.72 Å². The molecule has 1 heterocycles. The van der Waals surface area contributed by atoms with Gasteiger partial charge in [0, 0.05) is 30.9 Å². The van der Waals surface area contributed by atoms with Gasteiger partial charge in [0.25, 0.3) is 0 Å². The molecule has 0 saturated heterocycles. The van der Waals surface area contributed by atoms with Gasteiger partial charge >= 0.3 is 0 Å². The van der Waals surface area contributed by atoms with E-state index in [0.29, 0.717) is 18.8 Å². The minimum Gasteiger partial charge on any atom is -0.492 e. The van der Waals surface area contributed by atoms with Crippen LogP contribution in [0.2, 0.25) is 0 Å². The third kappa shape index (κ3) is 4.38. The molecular formula is C21H28N4O2. The fourth-order valence-electron chi connectivity index (χ4n) is 3.47. The number of benzene rings is 1. The molecule has 0 spiro atoms. The molecule has 6 heteroatoms. The maximum absolute atomic E-state index is 12.8. The molecule has 6 nitrogen and oxygen atoms in total. The molecule has 2 aromatic rings. The zero-order chi connectivity index (χ0) is 19.2. The summed E-state index contributed by atoms with van der Waals surface area (Å²) in [4.78, 5) is 24.2. The maximum Gasteiger partial charge on any atom is 0.227 e. The van der Waals surface area contributed by atoms with Crippen LogP contribution in [0.3, 0.4) is 0 Å². The van der Waals surface area contributed by atoms with Gasteiger partial charge in [0.1, 0.15) is 5.75 Å². The van der Waals surface area contributed by atoms with Crippen LogP contribution < -0.4 is 15.0 Å². The number of para-hydroxylation sites is 2. The summed E-state index contributed by atoms with van der Waals surface area (Å²) in [6.07, 6.45) is 4.17. The number of anilines is 2. The van der Waals surface area contributed by atoms with Crippen molar-refractivity contribution < 1.29 is 9.53 Å². The van der Waals surface area contributed by atoms with Crippen molar-refractivity contribution in [2.45, 2.75) is 40.0 Å². The molecule has 0 saturated carbocycles. The van der Waals surface area contributed by atoms with E-state index < -0.39 is 0 Å². The van der Waals surface area contributed by atoms with Crippen molar-refractivity contribution in [3.05, 3.63) is 41.7 Å². The SMILES string of the molecule is CCOc1ccccc1NC(=O)C1CCc2nc(N(CC)CC)ncc2C1. The number of ether oxygens (including phenoxy) is 1. The standard InChI is InChI=1S/C21H28N4O2/c1-4-25(5-2)21-22-14-16-13-15(11-12-17(16)24-21)20(26)23-18-9-7-8-10-19(18)27-6-3/h7-10,14-15H,4-6,11-13H2,1-3H3,(H,23,26). The molecule has 1 atom stereocenters. The zero-order valence-corrected chi connectivity index (χ0v) is 16.4. The third-order valence-corrected chi connectivity index (χ3v) is 5.00. The van der Waals surface area contributed by atoms with Gasteiger partial charge in [-0.25, -0.2) is 9.97 Å². The average molecular weight is 368 g/mol. The second-order valence-corrected chi connectivity index (χ2v) is 6.67. The van der Waals surface area contributed by atoms with Crippen LogP contribution in [0.4, 0.5) is 11.6 Å². The van der Waals surface area contributed by atoms with E-state index in [1.54, 1.807) is 0 Å². The normalized spacial score (nSPS) is 15.7. The molecule has 27 heavy (non-hydrogen) atoms. The monoisotopic (exact) mass is 368 g/mol. The van der Waals surface area contributed by atoms with Crippen molar-refractivity contribution in [3.63, 3.8) is 0 Å². The Balaban J connectivity index is 1.70. The lowest BCUT2D eigenvalue weighted by Crippen LogP contribution is -2.30. The minimum atomic E-state index is -0.0740. The molecule has 0 radical (unpaired) electrons. The molecule has 1 amide bonds. The Kier molecular flexibility index (Phi) is 6.27. The van der Waals surface area contributed by atoms with Crippen LogP contribution in [-0.4, -0.2) is 35.6 Å². The van der Waals surface area contributed by atoms with Gasteiger partial charge in [-0.05, 0) is 57.7 Å². The summed E-state index contributed by atoms with van der Waals surface area (Å²) in [5.41, 5.74) is 2.88. The predicted octanol–water partition coefficient (Wildman–Crippen LogP) is 3.47. The second-order valence-electron chi connectivity index (χ2n) is 6.67. The van der Waals surface area contributed by atoms with Crippen molar-refractivity contribution >= 4 is 17.5 Å². The van der Waals surface area contributed by atoms with Crippen LogP contribution in [0, 0.1) is 5.92 Å². The average Bonchev–Trinajstić information content (AvgIpc) is 2.70. The Morgan fingerprint density at radius 3 is 2.78 bits per heavy atom. The Bertz CT molecular complexity index is 790. The van der Waals surface area contributed by atoms with Gasteiger partial charge in [0.2, 0.25) is 11.9 Å². The fourth-order valence-corrected chi connectivity index (χ4v) is 3.47. The number of nitrogens with one attached hydrogen (secondary N) is 1. The van der Waals surface area contributed by atoms with E-state index in [9.17, 15) is 4.79 Å². The van der Waals surface area contributed by atoms with E-state index in [0.717, 1.165) is 48.8 Å². The van der Waals surface area contributed by atoms with Crippen molar-refractivity contribution in [2.24, 2.45) is 5.92 Å². The van der Waals surface area contributed by atoms with Gasteiger partial charge in [-0.3, -0.25) is 4.79 Å². The number of hydrogen-bond donors (Lipinski definition) is 1. The van der Waals surface area contributed by atoms with E-state index >= 15 is 0 Å². The second kappa shape index (κ2) is 8.84. The van der Waals surface area contributed by atoms with Gasteiger partial charge < -0.3 is 15.0 Å². The number of hydrogen-bond acceptors (Lipinski definition) is 5. The number of rotatable bonds is 7. The highest BCUT2D eigenvalue weighted by Gasteiger charge is 2.27. The van der Waals surface area contributed by atoms with E-state index in [-0.39, 0.29) is 11.8 Å². The highest BCUT2D eigenvalue weighted by Crippen LogP contribution is 2.29. The highest BCUT2D eigenvalue weighted by molar-refractivity contribution is 5.94. The molecule has 0 aliphatic heterocycles.